The average molecular weight is 609 g/mol. The summed E-state index contributed by atoms with van der Waals surface area (Å²) in [6, 6.07) is 4.95. The lowest BCUT2D eigenvalue weighted by Gasteiger charge is -2.32. The first-order valence-corrected chi connectivity index (χ1v) is 14.4. The number of aromatic nitrogens is 4. The number of hydrogen-bond donors (Lipinski definition) is 1. The lowest BCUT2D eigenvalue weighted by atomic mass is 9.95. The first kappa shape index (κ1) is 29.2. The van der Waals surface area contributed by atoms with Gasteiger partial charge in [-0.15, -0.1) is 5.10 Å². The molecule has 1 aliphatic heterocycles. The molecule has 1 aromatic heterocycles. The van der Waals surface area contributed by atoms with Gasteiger partial charge in [-0.1, -0.05) is 11.2 Å². The van der Waals surface area contributed by atoms with E-state index in [-0.39, 0.29) is 30.2 Å². The predicted molar refractivity (Wildman–Crippen MR) is 143 cm³/mol. The number of hydrogen-bond acceptors (Lipinski definition) is 6. The quantitative estimate of drug-likeness (QED) is 0.310. The number of anilines is 2. The lowest BCUT2D eigenvalue weighted by Crippen LogP contribution is -2.35. The number of halogens is 6. The minimum absolute atomic E-state index is 0.0180. The second kappa shape index (κ2) is 11.3. The normalized spacial score (nSPS) is 19.2. The van der Waals surface area contributed by atoms with Crippen LogP contribution in [-0.4, -0.2) is 39.4 Å². The van der Waals surface area contributed by atoms with Crippen molar-refractivity contribution in [2.24, 2.45) is 0 Å². The molecule has 43 heavy (non-hydrogen) atoms. The molecule has 2 heterocycles. The predicted octanol–water partition coefficient (Wildman–Crippen LogP) is 7.15. The van der Waals surface area contributed by atoms with Gasteiger partial charge in [0, 0.05) is 13.1 Å². The number of aromatic amines is 1. The van der Waals surface area contributed by atoms with E-state index in [1.165, 1.54) is 0 Å². The number of tetrazole rings is 1. The molecule has 3 aliphatic rings. The van der Waals surface area contributed by atoms with Gasteiger partial charge in [0.1, 0.15) is 6.10 Å². The van der Waals surface area contributed by atoms with E-state index in [1.807, 2.05) is 12.1 Å². The number of H-pyrrole nitrogens is 1. The van der Waals surface area contributed by atoms with Crippen molar-refractivity contribution in [2.45, 2.75) is 88.8 Å². The van der Waals surface area contributed by atoms with Crippen LogP contribution < -0.4 is 9.80 Å². The zero-order valence-electron chi connectivity index (χ0n) is 23.1. The Balaban J connectivity index is 1.42. The van der Waals surface area contributed by atoms with Crippen LogP contribution in [0.25, 0.3) is 0 Å². The van der Waals surface area contributed by atoms with Gasteiger partial charge in [0.25, 0.3) is 5.95 Å². The molecular formula is C29H30F6N6O2. The fraction of sp³-hybridized carbons (Fsp3) is 0.517. The molecule has 230 valence electrons. The van der Waals surface area contributed by atoms with Crippen molar-refractivity contribution in [1.29, 1.82) is 0 Å². The monoisotopic (exact) mass is 608 g/mol. The summed E-state index contributed by atoms with van der Waals surface area (Å²) in [6.07, 6.45) is -3.43. The molecule has 0 bridgehead atoms. The molecule has 1 amide bonds. The van der Waals surface area contributed by atoms with E-state index in [4.69, 9.17) is 4.74 Å². The number of nitrogens with zero attached hydrogens (tertiary/aromatic N) is 5. The smallest absolute Gasteiger partial charge is 0.416 e. The summed E-state index contributed by atoms with van der Waals surface area (Å²) in [5.74, 6) is 0.0180. The van der Waals surface area contributed by atoms with E-state index in [0.29, 0.717) is 42.8 Å². The standard InChI is InChI=1S/C29H30F6N6O2/c30-28(31,32)20-11-17(12-21(15-20)29(33,34)35)16-41(26-36-38-39-37-26)24-9-4-10-40(27(42)43-22-7-1-2-8-22)25-14-19-6-3-5-18(19)13-23(24)25/h11-15,22,24H,1-10,16H2,(H,36,37,38,39)/t24-/m0/s1. The van der Waals surface area contributed by atoms with Gasteiger partial charge in [-0.2, -0.15) is 31.6 Å². The number of rotatable bonds is 5. The molecule has 3 aromatic rings. The maximum absolute atomic E-state index is 13.7. The highest BCUT2D eigenvalue weighted by Crippen LogP contribution is 2.43. The third kappa shape index (κ3) is 6.14. The molecule has 14 heteroatoms. The Morgan fingerprint density at radius 1 is 0.907 bits per heavy atom. The van der Waals surface area contributed by atoms with Crippen molar-refractivity contribution in [3.63, 3.8) is 0 Å². The third-order valence-electron chi connectivity index (χ3n) is 8.51. The Bertz CT molecular complexity index is 1440. The number of ether oxygens (including phenoxy) is 1. The minimum atomic E-state index is -4.98. The highest BCUT2D eigenvalue weighted by atomic mass is 19.4. The summed E-state index contributed by atoms with van der Waals surface area (Å²) in [4.78, 5) is 16.6. The Morgan fingerprint density at radius 2 is 1.58 bits per heavy atom. The van der Waals surface area contributed by atoms with Crippen molar-refractivity contribution < 1.29 is 35.9 Å². The molecule has 1 fully saturated rings. The minimum Gasteiger partial charge on any atom is -0.446 e. The van der Waals surface area contributed by atoms with Crippen LogP contribution in [-0.2, 0) is 36.5 Å². The van der Waals surface area contributed by atoms with E-state index in [9.17, 15) is 31.1 Å². The van der Waals surface area contributed by atoms with E-state index >= 15 is 0 Å². The van der Waals surface area contributed by atoms with Gasteiger partial charge in [0.15, 0.2) is 0 Å². The molecule has 6 rings (SSSR count). The Kier molecular flexibility index (Phi) is 7.71. The average Bonchev–Trinajstić information content (AvgIpc) is 3.72. The van der Waals surface area contributed by atoms with Crippen molar-refractivity contribution in [3.8, 4) is 0 Å². The maximum Gasteiger partial charge on any atom is 0.416 e. The van der Waals surface area contributed by atoms with E-state index in [2.05, 4.69) is 20.6 Å². The molecule has 0 radical (unpaired) electrons. The summed E-state index contributed by atoms with van der Waals surface area (Å²) in [7, 11) is 0. The fourth-order valence-electron chi connectivity index (χ4n) is 6.48. The summed E-state index contributed by atoms with van der Waals surface area (Å²) in [5, 5.41) is 14.1. The van der Waals surface area contributed by atoms with Crippen molar-refractivity contribution in [2.75, 3.05) is 16.3 Å². The first-order valence-electron chi connectivity index (χ1n) is 14.4. The molecule has 2 aliphatic carbocycles. The van der Waals surface area contributed by atoms with Crippen LogP contribution in [0.3, 0.4) is 0 Å². The number of fused-ring (bicyclic) bond motifs is 2. The highest BCUT2D eigenvalue weighted by Gasteiger charge is 2.39. The molecule has 0 unspecified atom stereocenters. The Hall–Kier alpha value is -3.84. The number of aryl methyl sites for hydroxylation is 2. The summed E-state index contributed by atoms with van der Waals surface area (Å²) < 4.78 is 87.9. The Labute approximate surface area is 243 Å². The molecule has 8 nitrogen and oxygen atoms in total. The van der Waals surface area contributed by atoms with Crippen LogP contribution in [0.15, 0.2) is 30.3 Å². The molecule has 0 saturated heterocycles. The maximum atomic E-state index is 13.7. The van der Waals surface area contributed by atoms with Crippen molar-refractivity contribution >= 4 is 17.7 Å². The van der Waals surface area contributed by atoms with Crippen LogP contribution in [0.5, 0.6) is 0 Å². The van der Waals surface area contributed by atoms with Gasteiger partial charge >= 0.3 is 18.4 Å². The third-order valence-corrected chi connectivity index (χ3v) is 8.51. The molecule has 0 spiro atoms. The van der Waals surface area contributed by atoms with Crippen LogP contribution in [0.4, 0.5) is 42.8 Å². The molecule has 1 N–H and O–H groups in total. The van der Waals surface area contributed by atoms with Gasteiger partial charge < -0.3 is 9.64 Å². The second-order valence-electron chi connectivity index (χ2n) is 11.4. The fourth-order valence-corrected chi connectivity index (χ4v) is 6.48. The number of benzene rings is 2. The molecule has 1 atom stereocenters. The largest absolute Gasteiger partial charge is 0.446 e. The first-order chi connectivity index (χ1) is 20.5. The molecule has 2 aromatic carbocycles. The van der Waals surface area contributed by atoms with Crippen molar-refractivity contribution in [3.05, 3.63) is 63.7 Å². The number of carbonyl (C=O) groups excluding carboxylic acids is 1. The summed E-state index contributed by atoms with van der Waals surface area (Å²) >= 11 is 0. The zero-order valence-corrected chi connectivity index (χ0v) is 23.1. The number of alkyl halides is 6. The van der Waals surface area contributed by atoms with Gasteiger partial charge in [-0.25, -0.2) is 4.79 Å². The highest BCUT2D eigenvalue weighted by molar-refractivity contribution is 5.89. The molecule has 1 saturated carbocycles. The summed E-state index contributed by atoms with van der Waals surface area (Å²) in [6.45, 7) is -0.0179. The van der Waals surface area contributed by atoms with E-state index in [0.717, 1.165) is 56.1 Å². The van der Waals surface area contributed by atoms with Gasteiger partial charge in [-0.05, 0) is 110 Å². The van der Waals surface area contributed by atoms with Crippen LogP contribution in [0.1, 0.15) is 84.4 Å². The van der Waals surface area contributed by atoms with Gasteiger partial charge in [0.2, 0.25) is 0 Å². The van der Waals surface area contributed by atoms with Crippen LogP contribution in [0.2, 0.25) is 0 Å². The number of carbonyl (C=O) groups is 1. The molecular weight excluding hydrogens is 578 g/mol. The summed E-state index contributed by atoms with van der Waals surface area (Å²) in [5.41, 5.74) is 0.541. The van der Waals surface area contributed by atoms with Crippen molar-refractivity contribution in [1.82, 2.24) is 20.6 Å². The van der Waals surface area contributed by atoms with Crippen LogP contribution >= 0.6 is 0 Å². The SMILES string of the molecule is O=C(OC1CCCC1)N1CCC[C@H](N(Cc2cc(C(F)(F)F)cc(C(F)(F)F)c2)c2nn[nH]n2)c2cc3c(cc21)CCC3. The topological polar surface area (TPSA) is 87.2 Å². The van der Waals surface area contributed by atoms with Crippen LogP contribution in [0, 0.1) is 0 Å². The van der Waals surface area contributed by atoms with Gasteiger partial charge in [0.05, 0.1) is 22.9 Å². The van der Waals surface area contributed by atoms with E-state index < -0.39 is 35.6 Å². The zero-order chi connectivity index (χ0) is 30.4. The number of amides is 1. The van der Waals surface area contributed by atoms with Gasteiger partial charge in [-0.3, -0.25) is 4.90 Å². The Morgan fingerprint density at radius 3 is 2.21 bits per heavy atom. The second-order valence-corrected chi connectivity index (χ2v) is 11.4. The number of nitrogens with one attached hydrogen (secondary N) is 1. The lowest BCUT2D eigenvalue weighted by molar-refractivity contribution is -0.143. The van der Waals surface area contributed by atoms with E-state index in [1.54, 1.807) is 9.80 Å².